The van der Waals surface area contributed by atoms with E-state index in [1.165, 1.54) is 6.20 Å². The summed E-state index contributed by atoms with van der Waals surface area (Å²) in [5, 5.41) is 3.20. The molecular formula is C24H27N3O5S. The lowest BCUT2D eigenvalue weighted by molar-refractivity contribution is -0.135. The summed E-state index contributed by atoms with van der Waals surface area (Å²) in [5.41, 5.74) is 3.04. The second-order valence-electron chi connectivity index (χ2n) is 8.26. The van der Waals surface area contributed by atoms with E-state index in [9.17, 15) is 18.0 Å². The maximum atomic E-state index is 13.2. The molecule has 2 amide bonds. The average Bonchev–Trinajstić information content (AvgIpc) is 3.16. The van der Waals surface area contributed by atoms with E-state index in [0.717, 1.165) is 11.1 Å². The van der Waals surface area contributed by atoms with Gasteiger partial charge in [0.25, 0.3) is 0 Å². The predicted octanol–water partition coefficient (Wildman–Crippen LogP) is 2.53. The summed E-state index contributed by atoms with van der Waals surface area (Å²) >= 11 is 0. The highest BCUT2D eigenvalue weighted by Crippen LogP contribution is 2.27. The zero-order chi connectivity index (χ0) is 23.6. The molecule has 9 heteroatoms. The smallest absolute Gasteiger partial charge is 0.242 e. The number of ether oxygens (including phenoxy) is 1. The number of aromatic nitrogens is 1. The molecule has 0 aliphatic carbocycles. The highest BCUT2D eigenvalue weighted by molar-refractivity contribution is 7.92. The fourth-order valence-electron chi connectivity index (χ4n) is 3.96. The zero-order valence-corrected chi connectivity index (χ0v) is 19.5. The number of morpholine rings is 1. The third kappa shape index (κ3) is 5.09. The first kappa shape index (κ1) is 23.0. The molecule has 2 aromatic carbocycles. The summed E-state index contributed by atoms with van der Waals surface area (Å²) in [7, 11) is -3.95. The van der Waals surface area contributed by atoms with E-state index in [-0.39, 0.29) is 17.3 Å². The second-order valence-corrected chi connectivity index (χ2v) is 10.2. The first-order chi connectivity index (χ1) is 15.7. The number of sulfone groups is 1. The number of hydrogen-bond acceptors (Lipinski definition) is 5. The van der Waals surface area contributed by atoms with E-state index in [0.29, 0.717) is 42.9 Å². The van der Waals surface area contributed by atoms with Gasteiger partial charge in [-0.05, 0) is 37.1 Å². The fraction of sp³-hybridized carbons (Fsp3) is 0.333. The minimum atomic E-state index is -3.95. The quantitative estimate of drug-likeness (QED) is 0.598. The van der Waals surface area contributed by atoms with Crippen molar-refractivity contribution in [3.63, 3.8) is 0 Å². The van der Waals surface area contributed by atoms with Crippen molar-refractivity contribution in [3.8, 4) is 0 Å². The average molecular weight is 470 g/mol. The Bertz CT molecular complexity index is 1310. The summed E-state index contributed by atoms with van der Waals surface area (Å²) in [6.45, 7) is 5.79. The summed E-state index contributed by atoms with van der Waals surface area (Å²) in [6.07, 6.45) is 1.46. The van der Waals surface area contributed by atoms with Gasteiger partial charge in [-0.3, -0.25) is 9.59 Å². The lowest BCUT2D eigenvalue weighted by atomic mass is 10.1. The molecule has 0 bridgehead atoms. The number of carbonyl (C=O) groups excluding carboxylic acids is 2. The van der Waals surface area contributed by atoms with Crippen molar-refractivity contribution in [3.05, 3.63) is 59.8 Å². The minimum absolute atomic E-state index is 0.0186. The normalized spacial score (nSPS) is 14.4. The molecule has 1 N–H and O–H groups in total. The Morgan fingerprint density at radius 2 is 1.79 bits per heavy atom. The summed E-state index contributed by atoms with van der Waals surface area (Å²) < 4.78 is 33.4. The molecule has 0 saturated carbocycles. The summed E-state index contributed by atoms with van der Waals surface area (Å²) in [4.78, 5) is 27.1. The Morgan fingerprint density at radius 3 is 2.55 bits per heavy atom. The molecule has 33 heavy (non-hydrogen) atoms. The minimum Gasteiger partial charge on any atom is -0.378 e. The highest BCUT2D eigenvalue weighted by atomic mass is 32.2. The van der Waals surface area contributed by atoms with Gasteiger partial charge in [0, 0.05) is 35.9 Å². The van der Waals surface area contributed by atoms with Crippen molar-refractivity contribution in [1.82, 2.24) is 9.47 Å². The van der Waals surface area contributed by atoms with E-state index in [1.807, 2.05) is 32.0 Å². The number of rotatable bonds is 6. The van der Waals surface area contributed by atoms with Gasteiger partial charge in [-0.25, -0.2) is 8.42 Å². The Morgan fingerprint density at radius 1 is 1.06 bits per heavy atom. The monoisotopic (exact) mass is 469 g/mol. The Hall–Kier alpha value is -3.17. The van der Waals surface area contributed by atoms with Gasteiger partial charge in [-0.15, -0.1) is 0 Å². The van der Waals surface area contributed by atoms with E-state index in [2.05, 4.69) is 5.32 Å². The van der Waals surface area contributed by atoms with E-state index < -0.39 is 21.5 Å². The zero-order valence-electron chi connectivity index (χ0n) is 18.7. The lowest BCUT2D eigenvalue weighted by Gasteiger charge is -2.27. The number of nitrogens with zero attached hydrogens (tertiary/aromatic N) is 2. The summed E-state index contributed by atoms with van der Waals surface area (Å²) in [5.74, 6) is -1.40. The molecule has 174 valence electrons. The van der Waals surface area contributed by atoms with Crippen molar-refractivity contribution >= 4 is 38.2 Å². The molecule has 1 saturated heterocycles. The summed E-state index contributed by atoms with van der Waals surface area (Å²) in [6, 6.07) is 12.6. The maximum absolute atomic E-state index is 13.2. The number of aryl methyl sites for hydroxylation is 2. The van der Waals surface area contributed by atoms with Gasteiger partial charge in [0.15, 0.2) is 9.84 Å². The Labute approximate surface area is 193 Å². The van der Waals surface area contributed by atoms with Gasteiger partial charge < -0.3 is 19.5 Å². The number of carbonyl (C=O) groups is 2. The van der Waals surface area contributed by atoms with Crippen molar-refractivity contribution in [2.24, 2.45) is 0 Å². The number of hydrogen-bond donors (Lipinski definition) is 1. The van der Waals surface area contributed by atoms with Gasteiger partial charge in [0.05, 0.1) is 18.1 Å². The number of fused-ring (bicyclic) bond motifs is 1. The SMILES string of the molecule is Cc1ccc(C)c(NC(=O)CS(=O)(=O)c2cn(CC(=O)N3CCOCC3)c3ccccc23)c1. The topological polar surface area (TPSA) is 97.7 Å². The number of para-hydroxylation sites is 1. The van der Waals surface area contributed by atoms with Crippen molar-refractivity contribution in [2.75, 3.05) is 37.4 Å². The van der Waals surface area contributed by atoms with Gasteiger partial charge in [-0.2, -0.15) is 0 Å². The molecule has 1 fully saturated rings. The highest BCUT2D eigenvalue weighted by Gasteiger charge is 2.26. The molecular weight excluding hydrogens is 442 g/mol. The Kier molecular flexibility index (Phi) is 6.53. The molecule has 1 aromatic heterocycles. The van der Waals surface area contributed by atoms with Crippen LogP contribution in [0.4, 0.5) is 5.69 Å². The molecule has 1 aliphatic heterocycles. The van der Waals surface area contributed by atoms with Gasteiger partial charge in [0.2, 0.25) is 11.8 Å². The van der Waals surface area contributed by atoms with Gasteiger partial charge >= 0.3 is 0 Å². The van der Waals surface area contributed by atoms with Crippen molar-refractivity contribution < 1.29 is 22.7 Å². The molecule has 0 atom stereocenters. The van der Waals surface area contributed by atoms with Crippen LogP contribution in [0.2, 0.25) is 0 Å². The molecule has 1 aliphatic rings. The largest absolute Gasteiger partial charge is 0.378 e. The van der Waals surface area contributed by atoms with Crippen LogP contribution in [0, 0.1) is 13.8 Å². The van der Waals surface area contributed by atoms with E-state index in [1.54, 1.807) is 33.7 Å². The third-order valence-electron chi connectivity index (χ3n) is 5.74. The Balaban J connectivity index is 1.58. The van der Waals surface area contributed by atoms with Crippen LogP contribution in [-0.2, 0) is 30.7 Å². The van der Waals surface area contributed by atoms with E-state index >= 15 is 0 Å². The number of nitrogens with one attached hydrogen (secondary N) is 1. The van der Waals surface area contributed by atoms with Crippen LogP contribution in [-0.4, -0.2) is 61.8 Å². The maximum Gasteiger partial charge on any atom is 0.242 e. The molecule has 2 heterocycles. The predicted molar refractivity (Wildman–Crippen MR) is 126 cm³/mol. The van der Waals surface area contributed by atoms with Crippen molar-refractivity contribution in [2.45, 2.75) is 25.3 Å². The van der Waals surface area contributed by atoms with Crippen LogP contribution in [0.15, 0.2) is 53.6 Å². The molecule has 0 spiro atoms. The van der Waals surface area contributed by atoms with Crippen LogP contribution in [0.5, 0.6) is 0 Å². The molecule has 8 nitrogen and oxygen atoms in total. The molecule has 0 unspecified atom stereocenters. The van der Waals surface area contributed by atoms with E-state index in [4.69, 9.17) is 4.74 Å². The molecule has 3 aromatic rings. The van der Waals surface area contributed by atoms with Crippen LogP contribution >= 0.6 is 0 Å². The standard InChI is InChI=1S/C24H27N3O5S/c1-17-7-8-18(2)20(13-17)25-23(28)16-33(30,31)22-14-27(21-6-4-3-5-19(21)22)15-24(29)26-9-11-32-12-10-26/h3-8,13-14H,9-12,15-16H2,1-2H3,(H,25,28). The molecule has 0 radical (unpaired) electrons. The van der Waals surface area contributed by atoms with Crippen LogP contribution in [0.1, 0.15) is 11.1 Å². The third-order valence-corrected chi connectivity index (χ3v) is 7.38. The fourth-order valence-corrected chi connectivity index (χ4v) is 5.33. The van der Waals surface area contributed by atoms with Crippen LogP contribution < -0.4 is 5.32 Å². The number of benzene rings is 2. The van der Waals surface area contributed by atoms with Gasteiger partial charge in [0.1, 0.15) is 12.3 Å². The second kappa shape index (κ2) is 9.36. The van der Waals surface area contributed by atoms with Gasteiger partial charge in [-0.1, -0.05) is 30.3 Å². The number of anilines is 1. The number of amides is 2. The molecule has 4 rings (SSSR count). The first-order valence-corrected chi connectivity index (χ1v) is 12.4. The lowest BCUT2D eigenvalue weighted by Crippen LogP contribution is -2.42. The van der Waals surface area contributed by atoms with Crippen LogP contribution in [0.25, 0.3) is 10.9 Å². The van der Waals surface area contributed by atoms with Crippen LogP contribution in [0.3, 0.4) is 0 Å². The van der Waals surface area contributed by atoms with Crippen molar-refractivity contribution in [1.29, 1.82) is 0 Å². The first-order valence-electron chi connectivity index (χ1n) is 10.8.